The molecular formula is C25H28F5N7O4S. The normalized spacial score (nSPS) is 17.7. The highest BCUT2D eigenvalue weighted by atomic mass is 32.5. The van der Waals surface area contributed by atoms with Gasteiger partial charge in [-0.1, -0.05) is 19.4 Å². The summed E-state index contributed by atoms with van der Waals surface area (Å²) in [4.78, 5) is 44.4. The minimum atomic E-state index is -9.87. The molecule has 1 saturated heterocycles. The van der Waals surface area contributed by atoms with Crippen LogP contribution in [0.25, 0.3) is 11.5 Å². The number of allylic oxidation sites excluding steroid dienone is 1. The number of nitrogens with zero attached hydrogens (tertiary/aromatic N) is 6. The molecule has 0 radical (unpaired) electrons. The first-order valence-corrected chi connectivity index (χ1v) is 14.9. The van der Waals surface area contributed by atoms with E-state index in [9.17, 15) is 33.8 Å². The highest BCUT2D eigenvalue weighted by Gasteiger charge is 2.65. The van der Waals surface area contributed by atoms with Crippen molar-refractivity contribution in [2.45, 2.75) is 38.1 Å². The number of ether oxygens (including phenoxy) is 1. The van der Waals surface area contributed by atoms with Crippen LogP contribution in [0, 0.1) is 6.92 Å². The van der Waals surface area contributed by atoms with Crippen molar-refractivity contribution < 1.29 is 33.8 Å². The molecule has 0 unspecified atom stereocenters. The van der Waals surface area contributed by atoms with E-state index in [2.05, 4.69) is 15.4 Å². The van der Waals surface area contributed by atoms with E-state index in [1.54, 1.807) is 22.8 Å². The molecule has 2 aliphatic rings. The predicted octanol–water partition coefficient (Wildman–Crippen LogP) is 4.32. The number of hydrogen-bond donors (Lipinski definition) is 1. The zero-order valence-electron chi connectivity index (χ0n) is 22.7. The van der Waals surface area contributed by atoms with Crippen LogP contribution in [0.3, 0.4) is 0 Å². The molecule has 0 bridgehead atoms. The first kappa shape index (κ1) is 29.3. The van der Waals surface area contributed by atoms with Gasteiger partial charge in [0.25, 0.3) is 5.56 Å². The van der Waals surface area contributed by atoms with E-state index >= 15 is 0 Å². The molecule has 3 aromatic rings. The molecule has 0 spiro atoms. The minimum absolute atomic E-state index is 0.0279. The number of aromatic nitrogens is 4. The topological polar surface area (TPSA) is 114 Å². The average molecular weight is 618 g/mol. The van der Waals surface area contributed by atoms with Crippen molar-refractivity contribution in [2.24, 2.45) is 0 Å². The Morgan fingerprint density at radius 3 is 2.29 bits per heavy atom. The van der Waals surface area contributed by atoms with Gasteiger partial charge in [0.1, 0.15) is 17.1 Å². The summed E-state index contributed by atoms with van der Waals surface area (Å²) < 4.78 is 73.5. The van der Waals surface area contributed by atoms with Gasteiger partial charge in [0.15, 0.2) is 5.76 Å². The van der Waals surface area contributed by atoms with Gasteiger partial charge in [-0.15, -0.1) is 5.10 Å². The van der Waals surface area contributed by atoms with Crippen molar-refractivity contribution in [2.75, 3.05) is 43.0 Å². The Kier molecular flexibility index (Phi) is 6.78. The molecule has 1 N–H and O–H groups in total. The van der Waals surface area contributed by atoms with Crippen LogP contribution in [0.15, 0.2) is 40.0 Å². The summed E-state index contributed by atoms with van der Waals surface area (Å²) >= 11 is 0. The molecule has 1 fully saturated rings. The zero-order chi connectivity index (χ0) is 30.5. The van der Waals surface area contributed by atoms with Gasteiger partial charge >= 0.3 is 10.2 Å². The fourth-order valence-corrected chi connectivity index (χ4v) is 5.55. The van der Waals surface area contributed by atoms with Gasteiger partial charge in [-0.05, 0) is 50.1 Å². The molecule has 0 atom stereocenters. The first-order chi connectivity index (χ1) is 19.5. The zero-order valence-corrected chi connectivity index (χ0v) is 23.5. The maximum atomic E-state index is 13.7. The van der Waals surface area contributed by atoms with Crippen molar-refractivity contribution in [3.05, 3.63) is 52.2 Å². The number of anilines is 2. The van der Waals surface area contributed by atoms with Crippen molar-refractivity contribution in [3.8, 4) is 0 Å². The molecule has 1 aromatic carbocycles. The third kappa shape index (κ3) is 5.91. The molecule has 0 saturated carbocycles. The van der Waals surface area contributed by atoms with Gasteiger partial charge in [0.05, 0.1) is 6.61 Å². The van der Waals surface area contributed by atoms with E-state index in [4.69, 9.17) is 4.74 Å². The Morgan fingerprint density at radius 1 is 1.05 bits per heavy atom. The van der Waals surface area contributed by atoms with Crippen molar-refractivity contribution in [3.63, 3.8) is 0 Å². The monoisotopic (exact) mass is 617 g/mol. The van der Waals surface area contributed by atoms with E-state index in [1.807, 2.05) is 0 Å². The fourth-order valence-electron chi connectivity index (χ4n) is 4.90. The lowest BCUT2D eigenvalue weighted by atomic mass is 10.2. The Balaban J connectivity index is 1.50. The Labute approximate surface area is 236 Å². The fraction of sp³-hybridized carbons (Fsp3) is 0.400. The molecule has 0 aliphatic carbocycles. The van der Waals surface area contributed by atoms with Crippen molar-refractivity contribution >= 4 is 44.9 Å². The molecule has 42 heavy (non-hydrogen) atoms. The summed E-state index contributed by atoms with van der Waals surface area (Å²) in [5.41, 5.74) is -0.0117. The summed E-state index contributed by atoms with van der Waals surface area (Å²) in [7, 11) is -9.87. The average Bonchev–Trinajstić information content (AvgIpc) is 3.37. The lowest BCUT2D eigenvalue weighted by Crippen LogP contribution is -2.50. The number of fused-ring (bicyclic) bond motifs is 1. The van der Waals surface area contributed by atoms with Crippen LogP contribution < -0.4 is 15.8 Å². The van der Waals surface area contributed by atoms with Crippen LogP contribution in [0.5, 0.6) is 0 Å². The molecular weight excluding hydrogens is 589 g/mol. The number of rotatable bonds is 6. The number of halogens is 5. The minimum Gasteiger partial charge on any atom is -0.490 e. The quantitative estimate of drug-likeness (QED) is 0.410. The van der Waals surface area contributed by atoms with Crippen molar-refractivity contribution in [1.82, 2.24) is 24.1 Å². The molecule has 11 nitrogen and oxygen atoms in total. The SMILES string of the molecule is CC(=O)N1CCN(c2c(C)n(CC(=O)Nc3ccc(S(F)(F)(F)(F)F)cc3)c3nc(C4=CCCCO4)nn3c2=O)CC1. The van der Waals surface area contributed by atoms with Gasteiger partial charge in [0, 0.05) is 44.5 Å². The summed E-state index contributed by atoms with van der Waals surface area (Å²) in [6.45, 7) is 4.55. The molecule has 2 amide bonds. The van der Waals surface area contributed by atoms with Gasteiger partial charge in [0.2, 0.25) is 23.4 Å². The smallest absolute Gasteiger partial charge is 0.310 e. The summed E-state index contributed by atoms with van der Waals surface area (Å²) in [5, 5.41) is 6.75. The number of hydrogen-bond acceptors (Lipinski definition) is 7. The van der Waals surface area contributed by atoms with Crippen LogP contribution in [-0.4, -0.2) is 68.7 Å². The predicted molar refractivity (Wildman–Crippen MR) is 146 cm³/mol. The molecule has 2 aromatic heterocycles. The van der Waals surface area contributed by atoms with Gasteiger partial charge in [-0.2, -0.15) is 9.50 Å². The second kappa shape index (κ2) is 9.71. The highest BCUT2D eigenvalue weighted by Crippen LogP contribution is 3.02. The van der Waals surface area contributed by atoms with E-state index < -0.39 is 33.1 Å². The third-order valence-corrected chi connectivity index (χ3v) is 8.22. The van der Waals surface area contributed by atoms with E-state index in [0.29, 0.717) is 44.2 Å². The molecule has 17 heteroatoms. The molecule has 2 aliphatic heterocycles. The Morgan fingerprint density at radius 2 is 1.71 bits per heavy atom. The molecule has 5 rings (SSSR count). The molecule has 4 heterocycles. The van der Waals surface area contributed by atoms with Gasteiger partial charge < -0.3 is 24.4 Å². The van der Waals surface area contributed by atoms with Crippen LogP contribution in [0.1, 0.15) is 31.3 Å². The first-order valence-electron chi connectivity index (χ1n) is 13.0. The maximum absolute atomic E-state index is 13.7. The summed E-state index contributed by atoms with van der Waals surface area (Å²) in [5.74, 6) is -0.246. The van der Waals surface area contributed by atoms with Crippen LogP contribution in [0.4, 0.5) is 30.8 Å². The van der Waals surface area contributed by atoms with E-state index in [0.717, 1.165) is 29.5 Å². The lowest BCUT2D eigenvalue weighted by Gasteiger charge is -2.40. The number of carbonyl (C=O) groups is 2. The summed E-state index contributed by atoms with van der Waals surface area (Å²) in [6, 6.07) is 1.89. The van der Waals surface area contributed by atoms with E-state index in [-0.39, 0.29) is 41.0 Å². The second-order valence-electron chi connectivity index (χ2n) is 10.1. The number of piperazine rings is 1. The van der Waals surface area contributed by atoms with Crippen molar-refractivity contribution in [1.29, 1.82) is 0 Å². The third-order valence-electron chi connectivity index (χ3n) is 7.06. The number of amides is 2. The van der Waals surface area contributed by atoms with Crippen LogP contribution in [-0.2, 0) is 20.9 Å². The van der Waals surface area contributed by atoms with Crippen LogP contribution in [0.2, 0.25) is 0 Å². The summed E-state index contributed by atoms with van der Waals surface area (Å²) in [6.07, 6.45) is 3.33. The van der Waals surface area contributed by atoms with Gasteiger partial charge in [-0.25, -0.2) is 0 Å². The Hall–Kier alpha value is -4.15. The molecule has 228 valence electrons. The largest absolute Gasteiger partial charge is 0.490 e. The van der Waals surface area contributed by atoms with Crippen LogP contribution >= 0.6 is 10.2 Å². The second-order valence-corrected chi connectivity index (χ2v) is 12.5. The lowest BCUT2D eigenvalue weighted by molar-refractivity contribution is -0.129. The highest BCUT2D eigenvalue weighted by molar-refractivity contribution is 8.45. The maximum Gasteiger partial charge on any atom is 0.310 e. The number of benzene rings is 1. The van der Waals surface area contributed by atoms with Gasteiger partial charge in [-0.3, -0.25) is 14.4 Å². The Bertz CT molecular complexity index is 1660. The number of nitrogens with one attached hydrogen (secondary N) is 1. The number of carbonyl (C=O) groups excluding carboxylic acids is 2. The van der Waals surface area contributed by atoms with E-state index in [1.165, 1.54) is 11.5 Å². The standard InChI is InChI=1S/C25H28F5N7O4S/c1-16-22(35-12-10-34(11-13-35)17(2)38)24(40)37-25(32-23(33-37)20-5-3-4-14-41-20)36(16)15-21(39)31-18-6-8-19(9-7-18)42(26,27,28,29)30/h5-9H,3-4,10-15H2,1-2H3,(H,31,39).